The number of amides is 1. The molecule has 0 saturated carbocycles. The van der Waals surface area contributed by atoms with Gasteiger partial charge in [-0.05, 0) is 31.5 Å². The number of aromatic nitrogens is 4. The van der Waals surface area contributed by atoms with Crippen molar-refractivity contribution in [3.05, 3.63) is 47.5 Å². The molecule has 1 aliphatic heterocycles. The normalized spacial score (nSPS) is 13.0. The predicted molar refractivity (Wildman–Crippen MR) is 104 cm³/mol. The smallest absolute Gasteiger partial charge is 0.260 e. The van der Waals surface area contributed by atoms with Crippen molar-refractivity contribution in [1.82, 2.24) is 19.7 Å². The molecule has 1 aliphatic rings. The Kier molecular flexibility index (Phi) is 4.46. The molecule has 0 aromatic carbocycles. The lowest BCUT2D eigenvalue weighted by molar-refractivity contribution is 0.0996. The lowest BCUT2D eigenvalue weighted by Crippen LogP contribution is -2.22. The monoisotopic (exact) mass is 379 g/mol. The molecule has 0 fully saturated rings. The Bertz CT molecular complexity index is 1060. The average Bonchev–Trinajstić information content (AvgIpc) is 3.25. The lowest BCUT2D eigenvalue weighted by atomic mass is 10.1. The highest BCUT2D eigenvalue weighted by Crippen LogP contribution is 2.34. The SMILES string of the molecule is CCOc1cc(-c2cc(C)c3c(n2)CN(c2cnn(C)c2)C3=O)cnc1OC. The van der Waals surface area contributed by atoms with Crippen LogP contribution in [0.2, 0.25) is 0 Å². The minimum absolute atomic E-state index is 0.0533. The number of rotatable bonds is 5. The van der Waals surface area contributed by atoms with Crippen LogP contribution in [-0.4, -0.2) is 39.4 Å². The van der Waals surface area contributed by atoms with Crippen molar-refractivity contribution in [2.24, 2.45) is 7.05 Å². The van der Waals surface area contributed by atoms with Gasteiger partial charge in [-0.1, -0.05) is 0 Å². The lowest BCUT2D eigenvalue weighted by Gasteiger charge is -2.11. The Morgan fingerprint density at radius 1 is 1.25 bits per heavy atom. The zero-order chi connectivity index (χ0) is 19.8. The van der Waals surface area contributed by atoms with Crippen LogP contribution >= 0.6 is 0 Å². The van der Waals surface area contributed by atoms with Crippen molar-refractivity contribution in [3.8, 4) is 22.9 Å². The first-order valence-electron chi connectivity index (χ1n) is 9.00. The Hall–Kier alpha value is -3.42. The summed E-state index contributed by atoms with van der Waals surface area (Å²) in [7, 11) is 3.38. The maximum atomic E-state index is 12.9. The summed E-state index contributed by atoms with van der Waals surface area (Å²) in [5.74, 6) is 0.944. The van der Waals surface area contributed by atoms with Crippen molar-refractivity contribution in [1.29, 1.82) is 0 Å². The molecule has 0 spiro atoms. The van der Waals surface area contributed by atoms with Crippen molar-refractivity contribution < 1.29 is 14.3 Å². The van der Waals surface area contributed by atoms with Crippen LogP contribution in [0.5, 0.6) is 11.6 Å². The summed E-state index contributed by atoms with van der Waals surface area (Å²) in [5.41, 5.74) is 4.59. The van der Waals surface area contributed by atoms with E-state index in [0.717, 1.165) is 28.2 Å². The van der Waals surface area contributed by atoms with Crippen LogP contribution in [0.15, 0.2) is 30.7 Å². The Morgan fingerprint density at radius 3 is 2.75 bits per heavy atom. The number of hydrogen-bond acceptors (Lipinski definition) is 6. The van der Waals surface area contributed by atoms with Crippen LogP contribution in [0, 0.1) is 6.92 Å². The summed E-state index contributed by atoms with van der Waals surface area (Å²) in [4.78, 5) is 23.7. The maximum absolute atomic E-state index is 12.9. The minimum Gasteiger partial charge on any atom is -0.488 e. The van der Waals surface area contributed by atoms with E-state index >= 15 is 0 Å². The Balaban J connectivity index is 1.73. The predicted octanol–water partition coefficient (Wildman–Crippen LogP) is 2.75. The van der Waals surface area contributed by atoms with Crippen molar-refractivity contribution in [2.75, 3.05) is 18.6 Å². The first-order chi connectivity index (χ1) is 13.5. The number of hydrogen-bond donors (Lipinski definition) is 0. The van der Waals surface area contributed by atoms with Crippen LogP contribution in [0.1, 0.15) is 28.5 Å². The third-order valence-corrected chi connectivity index (χ3v) is 4.67. The molecular formula is C20H21N5O3. The molecule has 1 amide bonds. The van der Waals surface area contributed by atoms with Gasteiger partial charge in [-0.3, -0.25) is 19.4 Å². The number of carbonyl (C=O) groups excluding carboxylic acids is 1. The molecule has 0 saturated heterocycles. The van der Waals surface area contributed by atoms with Gasteiger partial charge in [0.05, 0.1) is 49.1 Å². The fourth-order valence-corrected chi connectivity index (χ4v) is 3.39. The van der Waals surface area contributed by atoms with E-state index in [0.29, 0.717) is 30.3 Å². The van der Waals surface area contributed by atoms with E-state index in [4.69, 9.17) is 14.5 Å². The number of fused-ring (bicyclic) bond motifs is 1. The number of aryl methyl sites for hydroxylation is 2. The van der Waals surface area contributed by atoms with Gasteiger partial charge in [0.15, 0.2) is 5.75 Å². The molecule has 0 bridgehead atoms. The van der Waals surface area contributed by atoms with Gasteiger partial charge in [-0.2, -0.15) is 5.10 Å². The van der Waals surface area contributed by atoms with Gasteiger partial charge in [0.1, 0.15) is 0 Å². The van der Waals surface area contributed by atoms with Gasteiger partial charge in [0.2, 0.25) is 0 Å². The highest BCUT2D eigenvalue weighted by atomic mass is 16.5. The van der Waals surface area contributed by atoms with Gasteiger partial charge >= 0.3 is 0 Å². The first kappa shape index (κ1) is 18.0. The number of nitrogens with zero attached hydrogens (tertiary/aromatic N) is 5. The summed E-state index contributed by atoms with van der Waals surface area (Å²) in [6.07, 6.45) is 5.20. The van der Waals surface area contributed by atoms with Gasteiger partial charge in [-0.25, -0.2) is 4.98 Å². The third-order valence-electron chi connectivity index (χ3n) is 4.67. The molecule has 0 N–H and O–H groups in total. The second-order valence-corrected chi connectivity index (χ2v) is 6.57. The van der Waals surface area contributed by atoms with Crippen LogP contribution < -0.4 is 14.4 Å². The topological polar surface area (TPSA) is 82.4 Å². The second kappa shape index (κ2) is 6.95. The number of anilines is 1. The van der Waals surface area contributed by atoms with E-state index in [1.165, 1.54) is 0 Å². The van der Waals surface area contributed by atoms with Crippen molar-refractivity contribution in [2.45, 2.75) is 20.4 Å². The van der Waals surface area contributed by atoms with Crippen LogP contribution in [0.25, 0.3) is 11.3 Å². The molecule has 3 aromatic heterocycles. The fourth-order valence-electron chi connectivity index (χ4n) is 3.39. The minimum atomic E-state index is -0.0533. The van der Waals surface area contributed by atoms with E-state index in [1.54, 1.807) is 29.1 Å². The van der Waals surface area contributed by atoms with E-state index in [-0.39, 0.29) is 5.91 Å². The summed E-state index contributed by atoms with van der Waals surface area (Å²) >= 11 is 0. The summed E-state index contributed by atoms with van der Waals surface area (Å²) in [6.45, 7) is 4.75. The summed E-state index contributed by atoms with van der Waals surface area (Å²) in [5, 5.41) is 4.16. The Labute approximate surface area is 162 Å². The molecule has 0 aliphatic carbocycles. The number of pyridine rings is 2. The second-order valence-electron chi connectivity index (χ2n) is 6.57. The molecule has 0 radical (unpaired) electrons. The van der Waals surface area contributed by atoms with Crippen LogP contribution in [-0.2, 0) is 13.6 Å². The van der Waals surface area contributed by atoms with E-state index < -0.39 is 0 Å². The fraction of sp³-hybridized carbons (Fsp3) is 0.300. The van der Waals surface area contributed by atoms with Crippen LogP contribution in [0.3, 0.4) is 0 Å². The summed E-state index contributed by atoms with van der Waals surface area (Å²) in [6, 6.07) is 3.77. The molecule has 4 heterocycles. The highest BCUT2D eigenvalue weighted by Gasteiger charge is 2.32. The maximum Gasteiger partial charge on any atom is 0.260 e. The van der Waals surface area contributed by atoms with E-state index in [1.807, 2.05) is 39.2 Å². The molecule has 8 heteroatoms. The largest absolute Gasteiger partial charge is 0.488 e. The number of ether oxygens (including phenoxy) is 2. The standard InChI is InChI=1S/C20H21N5O3/c1-5-28-17-7-13(8-21-19(17)27-4)15-6-12(2)18-16(23-15)11-25(20(18)26)14-9-22-24(3)10-14/h6-10H,5,11H2,1-4H3. The molecule has 28 heavy (non-hydrogen) atoms. The number of carbonyl (C=O) groups is 1. The quantitative estimate of drug-likeness (QED) is 0.678. The Morgan fingerprint density at radius 2 is 2.07 bits per heavy atom. The molecular weight excluding hydrogens is 358 g/mol. The van der Waals surface area contributed by atoms with Crippen molar-refractivity contribution in [3.63, 3.8) is 0 Å². The van der Waals surface area contributed by atoms with E-state index in [9.17, 15) is 4.79 Å². The molecule has 0 unspecified atom stereocenters. The van der Waals surface area contributed by atoms with E-state index in [2.05, 4.69) is 10.1 Å². The molecule has 8 nitrogen and oxygen atoms in total. The average molecular weight is 379 g/mol. The highest BCUT2D eigenvalue weighted by molar-refractivity contribution is 6.10. The number of methoxy groups -OCH3 is 1. The molecule has 0 atom stereocenters. The van der Waals surface area contributed by atoms with Crippen LogP contribution in [0.4, 0.5) is 5.69 Å². The third kappa shape index (κ3) is 2.96. The molecule has 3 aromatic rings. The summed E-state index contributed by atoms with van der Waals surface area (Å²) < 4.78 is 12.5. The van der Waals surface area contributed by atoms with Gasteiger partial charge < -0.3 is 9.47 Å². The molecule has 144 valence electrons. The van der Waals surface area contributed by atoms with Gasteiger partial charge in [-0.15, -0.1) is 0 Å². The molecule has 4 rings (SSSR count). The first-order valence-corrected chi connectivity index (χ1v) is 9.00. The van der Waals surface area contributed by atoms with Crippen molar-refractivity contribution >= 4 is 11.6 Å². The van der Waals surface area contributed by atoms with Gasteiger partial charge in [0, 0.05) is 25.0 Å². The van der Waals surface area contributed by atoms with Gasteiger partial charge in [0.25, 0.3) is 11.8 Å². The zero-order valence-corrected chi connectivity index (χ0v) is 16.3. The zero-order valence-electron chi connectivity index (χ0n) is 16.3.